The maximum atomic E-state index is 11.7. The average molecular weight is 349 g/mol. The predicted molar refractivity (Wildman–Crippen MR) is 94.2 cm³/mol. The van der Waals surface area contributed by atoms with Gasteiger partial charge >= 0.3 is 5.69 Å². The van der Waals surface area contributed by atoms with E-state index in [1.807, 2.05) is 30.3 Å². The number of nitro groups is 1. The van der Waals surface area contributed by atoms with E-state index in [9.17, 15) is 18.5 Å². The highest BCUT2D eigenvalue weighted by Crippen LogP contribution is 2.31. The lowest BCUT2D eigenvalue weighted by molar-refractivity contribution is -0.386. The molecule has 0 spiro atoms. The molecule has 0 atom stereocenters. The molecule has 2 rings (SSSR count). The molecule has 0 saturated carbocycles. The van der Waals surface area contributed by atoms with Crippen molar-refractivity contribution in [3.63, 3.8) is 0 Å². The van der Waals surface area contributed by atoms with Gasteiger partial charge in [0.15, 0.2) is 9.84 Å². The molecule has 8 heteroatoms. The Balaban J connectivity index is 1.99. The molecule has 0 bridgehead atoms. The lowest BCUT2D eigenvalue weighted by Crippen LogP contribution is -2.11. The van der Waals surface area contributed by atoms with Crippen molar-refractivity contribution in [1.82, 2.24) is 0 Å². The maximum Gasteiger partial charge on any atom is 0.310 e. The number of hydrogen-bond acceptors (Lipinski definition) is 6. The largest absolute Gasteiger partial charge is 0.385 e. The minimum absolute atomic E-state index is 0.211. The number of hydrogen-bond donors (Lipinski definition) is 2. The van der Waals surface area contributed by atoms with Gasteiger partial charge in [0, 0.05) is 25.0 Å². The number of anilines is 2. The summed E-state index contributed by atoms with van der Waals surface area (Å²) >= 11 is 0. The van der Waals surface area contributed by atoms with Gasteiger partial charge < -0.3 is 10.6 Å². The fraction of sp³-hybridized carbons (Fsp3) is 0.250. The van der Waals surface area contributed by atoms with Crippen molar-refractivity contribution in [2.45, 2.75) is 11.3 Å². The molecule has 0 fully saturated rings. The van der Waals surface area contributed by atoms with Crippen LogP contribution in [-0.4, -0.2) is 32.7 Å². The van der Waals surface area contributed by atoms with Crippen LogP contribution in [0.3, 0.4) is 0 Å². The maximum absolute atomic E-state index is 11.7. The lowest BCUT2D eigenvalue weighted by atomic mass is 10.2. The molecule has 0 aliphatic heterocycles. The zero-order valence-corrected chi connectivity index (χ0v) is 14.0. The number of sulfone groups is 1. The SMILES string of the molecule is CS(=O)(=O)c1cccc(NCCCNc2ccccc2)c1[N+](=O)[O-]. The van der Waals surface area contributed by atoms with Crippen LogP contribution in [0.25, 0.3) is 0 Å². The van der Waals surface area contributed by atoms with E-state index in [1.54, 1.807) is 0 Å². The van der Waals surface area contributed by atoms with Gasteiger partial charge in [-0.2, -0.15) is 0 Å². The lowest BCUT2D eigenvalue weighted by Gasteiger charge is -2.10. The molecule has 24 heavy (non-hydrogen) atoms. The van der Waals surface area contributed by atoms with Crippen molar-refractivity contribution < 1.29 is 13.3 Å². The highest BCUT2D eigenvalue weighted by Gasteiger charge is 2.25. The van der Waals surface area contributed by atoms with Gasteiger partial charge in [0.05, 0.1) is 4.92 Å². The molecule has 7 nitrogen and oxygen atoms in total. The van der Waals surface area contributed by atoms with Crippen LogP contribution in [-0.2, 0) is 9.84 Å². The van der Waals surface area contributed by atoms with Gasteiger partial charge in [0.1, 0.15) is 10.6 Å². The molecule has 2 aromatic carbocycles. The minimum atomic E-state index is -3.67. The van der Waals surface area contributed by atoms with E-state index in [0.29, 0.717) is 13.1 Å². The molecule has 0 aromatic heterocycles. The number of nitrogens with one attached hydrogen (secondary N) is 2. The first kappa shape index (κ1) is 17.7. The molecule has 0 radical (unpaired) electrons. The summed E-state index contributed by atoms with van der Waals surface area (Å²) in [6, 6.07) is 13.9. The molecule has 2 N–H and O–H groups in total. The van der Waals surface area contributed by atoms with Gasteiger partial charge in [0.25, 0.3) is 0 Å². The summed E-state index contributed by atoms with van der Waals surface area (Å²) in [5, 5.41) is 17.4. The Bertz CT molecular complexity index is 807. The zero-order valence-electron chi connectivity index (χ0n) is 13.2. The van der Waals surface area contributed by atoms with E-state index in [4.69, 9.17) is 0 Å². The number of benzene rings is 2. The van der Waals surface area contributed by atoms with Crippen LogP contribution >= 0.6 is 0 Å². The van der Waals surface area contributed by atoms with Crippen molar-refractivity contribution >= 4 is 26.9 Å². The average Bonchev–Trinajstić information content (AvgIpc) is 2.54. The third kappa shape index (κ3) is 4.69. The molecular formula is C16H19N3O4S. The normalized spacial score (nSPS) is 11.0. The van der Waals surface area contributed by atoms with Crippen molar-refractivity contribution in [2.24, 2.45) is 0 Å². The highest BCUT2D eigenvalue weighted by atomic mass is 32.2. The summed E-state index contributed by atoms with van der Waals surface area (Å²) in [5.74, 6) is 0. The Morgan fingerprint density at radius 2 is 1.67 bits per heavy atom. The van der Waals surface area contributed by atoms with E-state index in [2.05, 4.69) is 10.6 Å². The summed E-state index contributed by atoms with van der Waals surface area (Å²) in [5.41, 5.74) is 0.807. The first-order valence-electron chi connectivity index (χ1n) is 7.40. The van der Waals surface area contributed by atoms with Crippen LogP contribution in [0, 0.1) is 10.1 Å². The molecule has 0 aliphatic carbocycles. The molecule has 0 amide bonds. The quantitative estimate of drug-likeness (QED) is 0.432. The number of rotatable bonds is 8. The summed E-state index contributed by atoms with van der Waals surface area (Å²) in [7, 11) is -3.67. The Morgan fingerprint density at radius 1 is 1.00 bits per heavy atom. The van der Waals surface area contributed by atoms with Crippen LogP contribution in [0.15, 0.2) is 53.4 Å². The van der Waals surface area contributed by atoms with Crippen LogP contribution < -0.4 is 10.6 Å². The second-order valence-corrected chi connectivity index (χ2v) is 7.24. The van der Waals surface area contributed by atoms with Crippen molar-refractivity contribution in [1.29, 1.82) is 0 Å². The summed E-state index contributed by atoms with van der Waals surface area (Å²) < 4.78 is 23.4. The molecular weight excluding hydrogens is 330 g/mol. The van der Waals surface area contributed by atoms with Crippen molar-refractivity contribution in [3.05, 3.63) is 58.6 Å². The predicted octanol–water partition coefficient (Wildman–Crippen LogP) is 2.91. The van der Waals surface area contributed by atoms with Gasteiger partial charge in [-0.15, -0.1) is 0 Å². The zero-order chi connectivity index (χ0) is 17.6. The standard InChI is InChI=1S/C16H19N3O4S/c1-24(22,23)15-10-5-9-14(16(15)19(20)21)18-12-6-11-17-13-7-3-2-4-8-13/h2-5,7-10,17-18H,6,11-12H2,1H3. The van der Waals surface area contributed by atoms with Gasteiger partial charge in [-0.3, -0.25) is 10.1 Å². The Hall–Kier alpha value is -2.61. The Labute approximate surface area is 140 Å². The molecule has 0 aliphatic rings. The van der Waals surface area contributed by atoms with E-state index in [0.717, 1.165) is 18.4 Å². The van der Waals surface area contributed by atoms with Crippen LogP contribution in [0.1, 0.15) is 6.42 Å². The van der Waals surface area contributed by atoms with Crippen LogP contribution in [0.4, 0.5) is 17.1 Å². The smallest absolute Gasteiger partial charge is 0.310 e. The van der Waals surface area contributed by atoms with Crippen molar-refractivity contribution in [3.8, 4) is 0 Å². The second-order valence-electron chi connectivity index (χ2n) is 5.25. The minimum Gasteiger partial charge on any atom is -0.385 e. The van der Waals surface area contributed by atoms with E-state index < -0.39 is 20.4 Å². The van der Waals surface area contributed by atoms with E-state index in [1.165, 1.54) is 18.2 Å². The summed E-state index contributed by atoms with van der Waals surface area (Å²) in [4.78, 5) is 10.3. The number of nitrogens with zero attached hydrogens (tertiary/aromatic N) is 1. The van der Waals surface area contributed by atoms with Gasteiger partial charge in [0.2, 0.25) is 0 Å². The second kappa shape index (κ2) is 7.78. The topological polar surface area (TPSA) is 101 Å². The monoisotopic (exact) mass is 349 g/mol. The van der Waals surface area contributed by atoms with Gasteiger partial charge in [-0.25, -0.2) is 8.42 Å². The summed E-state index contributed by atoms with van der Waals surface area (Å²) in [6.45, 7) is 1.17. The number of para-hydroxylation sites is 2. The third-order valence-corrected chi connectivity index (χ3v) is 4.48. The molecule has 0 heterocycles. The van der Waals surface area contributed by atoms with Crippen LogP contribution in [0.5, 0.6) is 0 Å². The van der Waals surface area contributed by atoms with Crippen molar-refractivity contribution in [2.75, 3.05) is 30.0 Å². The summed E-state index contributed by atoms with van der Waals surface area (Å²) in [6.07, 6.45) is 1.68. The molecule has 2 aromatic rings. The first-order chi connectivity index (χ1) is 11.4. The Kier molecular flexibility index (Phi) is 5.75. The van der Waals surface area contributed by atoms with Gasteiger partial charge in [-0.05, 0) is 30.7 Å². The van der Waals surface area contributed by atoms with E-state index in [-0.39, 0.29) is 10.6 Å². The fourth-order valence-corrected chi connectivity index (χ4v) is 3.11. The molecule has 128 valence electrons. The molecule has 0 unspecified atom stereocenters. The number of nitro benzene ring substituents is 1. The van der Waals surface area contributed by atoms with Gasteiger partial charge in [-0.1, -0.05) is 24.3 Å². The molecule has 0 saturated heterocycles. The third-order valence-electron chi connectivity index (χ3n) is 3.35. The first-order valence-corrected chi connectivity index (χ1v) is 9.29. The van der Waals surface area contributed by atoms with E-state index >= 15 is 0 Å². The highest BCUT2D eigenvalue weighted by molar-refractivity contribution is 7.90. The van der Waals surface area contributed by atoms with Crippen LogP contribution in [0.2, 0.25) is 0 Å². The fourth-order valence-electron chi connectivity index (χ4n) is 2.25. The Morgan fingerprint density at radius 3 is 2.29 bits per heavy atom.